The maximum absolute atomic E-state index is 10.3. The summed E-state index contributed by atoms with van der Waals surface area (Å²) >= 11 is 0. The first kappa shape index (κ1) is 18.3. The molecule has 4 heteroatoms. The Morgan fingerprint density at radius 1 is 0.821 bits per heavy atom. The van der Waals surface area contributed by atoms with Gasteiger partial charge in [-0.15, -0.1) is 0 Å². The zero-order valence-electron chi connectivity index (χ0n) is 16.6. The standard InChI is InChI=1S/C24H31N3O/c28-23-13-22-15-26(14-21-9-5-2-6-10-21)19-24(27(22)16-23)17-25(18-24)12-11-20-7-3-1-4-8-20/h1-10,22-23,28H,11-19H2/t22-,23+/m0/s1. The van der Waals surface area contributed by atoms with E-state index in [9.17, 15) is 5.11 Å². The summed E-state index contributed by atoms with van der Waals surface area (Å²) in [5.74, 6) is 0. The van der Waals surface area contributed by atoms with E-state index in [-0.39, 0.29) is 11.6 Å². The van der Waals surface area contributed by atoms with Crippen molar-refractivity contribution in [3.8, 4) is 0 Å². The Morgan fingerprint density at radius 3 is 2.18 bits per heavy atom. The molecule has 2 atom stereocenters. The molecule has 1 N–H and O–H groups in total. The SMILES string of the molecule is O[C@@H]1C[C@H]2CN(Cc3ccccc3)CC3(CN(CCc4ccccc4)C3)N2C1. The minimum atomic E-state index is -0.156. The molecule has 3 aliphatic heterocycles. The summed E-state index contributed by atoms with van der Waals surface area (Å²) < 4.78 is 0. The smallest absolute Gasteiger partial charge is 0.0682 e. The summed E-state index contributed by atoms with van der Waals surface area (Å²) in [6.07, 6.45) is 1.89. The fourth-order valence-corrected chi connectivity index (χ4v) is 5.64. The van der Waals surface area contributed by atoms with Gasteiger partial charge < -0.3 is 5.11 Å². The van der Waals surface area contributed by atoms with Crippen LogP contribution in [0.4, 0.5) is 0 Å². The van der Waals surface area contributed by atoms with Crippen molar-refractivity contribution in [2.45, 2.75) is 37.1 Å². The largest absolute Gasteiger partial charge is 0.392 e. The topological polar surface area (TPSA) is 30.0 Å². The maximum Gasteiger partial charge on any atom is 0.0682 e. The van der Waals surface area contributed by atoms with Gasteiger partial charge in [-0.25, -0.2) is 0 Å². The molecule has 0 radical (unpaired) electrons. The summed E-state index contributed by atoms with van der Waals surface area (Å²) in [5, 5.41) is 10.3. The predicted octanol–water partition coefficient (Wildman–Crippen LogP) is 2.23. The molecular formula is C24H31N3O. The zero-order valence-corrected chi connectivity index (χ0v) is 16.6. The Balaban J connectivity index is 1.24. The van der Waals surface area contributed by atoms with Crippen LogP contribution in [0.5, 0.6) is 0 Å². The number of aliphatic hydroxyl groups excluding tert-OH is 1. The second-order valence-electron chi connectivity index (χ2n) is 9.02. The molecule has 0 bridgehead atoms. The quantitative estimate of drug-likeness (QED) is 0.866. The molecule has 5 rings (SSSR count). The van der Waals surface area contributed by atoms with E-state index >= 15 is 0 Å². The van der Waals surface area contributed by atoms with Crippen LogP contribution in [0, 0.1) is 0 Å². The number of piperazine rings is 1. The lowest BCUT2D eigenvalue weighted by Crippen LogP contribution is -2.78. The first-order valence-electron chi connectivity index (χ1n) is 10.7. The molecule has 148 valence electrons. The molecule has 4 nitrogen and oxygen atoms in total. The van der Waals surface area contributed by atoms with Gasteiger partial charge in [0.25, 0.3) is 0 Å². The summed E-state index contributed by atoms with van der Waals surface area (Å²) in [7, 11) is 0. The minimum Gasteiger partial charge on any atom is -0.392 e. The summed E-state index contributed by atoms with van der Waals surface area (Å²) in [6.45, 7) is 7.47. The van der Waals surface area contributed by atoms with Crippen LogP contribution in [0.3, 0.4) is 0 Å². The minimum absolute atomic E-state index is 0.156. The number of aliphatic hydroxyl groups is 1. The molecule has 0 amide bonds. The Hall–Kier alpha value is -1.72. The molecule has 2 aromatic rings. The average Bonchev–Trinajstić information content (AvgIpc) is 3.06. The van der Waals surface area contributed by atoms with E-state index in [1.807, 2.05) is 0 Å². The van der Waals surface area contributed by atoms with Crippen molar-refractivity contribution in [2.24, 2.45) is 0 Å². The van der Waals surface area contributed by atoms with Crippen LogP contribution in [0.1, 0.15) is 17.5 Å². The lowest BCUT2D eigenvalue weighted by molar-refractivity contribution is -0.114. The molecule has 3 fully saturated rings. The van der Waals surface area contributed by atoms with Crippen LogP contribution in [-0.2, 0) is 13.0 Å². The molecule has 0 aliphatic carbocycles. The van der Waals surface area contributed by atoms with Gasteiger partial charge in [0, 0.05) is 51.9 Å². The second kappa shape index (κ2) is 7.60. The van der Waals surface area contributed by atoms with E-state index in [1.54, 1.807) is 0 Å². The van der Waals surface area contributed by atoms with Gasteiger partial charge in [-0.2, -0.15) is 0 Å². The van der Waals surface area contributed by atoms with Crippen molar-refractivity contribution in [1.29, 1.82) is 0 Å². The molecule has 3 aliphatic rings. The number of rotatable bonds is 5. The first-order chi connectivity index (χ1) is 13.7. The second-order valence-corrected chi connectivity index (χ2v) is 9.02. The van der Waals surface area contributed by atoms with Crippen molar-refractivity contribution in [3.05, 3.63) is 71.8 Å². The van der Waals surface area contributed by atoms with Gasteiger partial charge in [0.15, 0.2) is 0 Å². The van der Waals surface area contributed by atoms with E-state index < -0.39 is 0 Å². The number of hydrogen-bond donors (Lipinski definition) is 1. The summed E-state index contributed by atoms with van der Waals surface area (Å²) in [6, 6.07) is 22.1. The van der Waals surface area contributed by atoms with Crippen molar-refractivity contribution >= 4 is 0 Å². The van der Waals surface area contributed by atoms with Crippen LogP contribution in [0.2, 0.25) is 0 Å². The lowest BCUT2D eigenvalue weighted by atomic mass is 9.83. The fraction of sp³-hybridized carbons (Fsp3) is 0.500. The van der Waals surface area contributed by atoms with Crippen LogP contribution in [-0.4, -0.2) is 76.8 Å². The van der Waals surface area contributed by atoms with Gasteiger partial charge in [-0.05, 0) is 24.0 Å². The van der Waals surface area contributed by atoms with Crippen molar-refractivity contribution in [2.75, 3.05) is 39.3 Å². The van der Waals surface area contributed by atoms with Crippen molar-refractivity contribution in [1.82, 2.24) is 14.7 Å². The monoisotopic (exact) mass is 377 g/mol. The highest BCUT2D eigenvalue weighted by Gasteiger charge is 2.55. The van der Waals surface area contributed by atoms with Gasteiger partial charge in [0.05, 0.1) is 11.6 Å². The first-order valence-corrected chi connectivity index (χ1v) is 10.7. The molecule has 0 unspecified atom stereocenters. The van der Waals surface area contributed by atoms with E-state index in [4.69, 9.17) is 0 Å². The van der Waals surface area contributed by atoms with Crippen LogP contribution < -0.4 is 0 Å². The molecule has 0 aromatic heterocycles. The van der Waals surface area contributed by atoms with Crippen LogP contribution in [0.15, 0.2) is 60.7 Å². The van der Waals surface area contributed by atoms with Crippen LogP contribution >= 0.6 is 0 Å². The molecule has 1 spiro atoms. The molecule has 3 heterocycles. The number of likely N-dealkylation sites (tertiary alicyclic amines) is 1. The van der Waals surface area contributed by atoms with Gasteiger partial charge in [-0.1, -0.05) is 60.7 Å². The van der Waals surface area contributed by atoms with Crippen molar-refractivity contribution in [3.63, 3.8) is 0 Å². The highest BCUT2D eigenvalue weighted by atomic mass is 16.3. The zero-order chi connectivity index (χ0) is 19.0. The summed E-state index contributed by atoms with van der Waals surface area (Å²) in [4.78, 5) is 7.88. The maximum atomic E-state index is 10.3. The van der Waals surface area contributed by atoms with E-state index in [2.05, 4.69) is 75.4 Å². The van der Waals surface area contributed by atoms with Gasteiger partial charge in [-0.3, -0.25) is 14.7 Å². The molecule has 3 saturated heterocycles. The van der Waals surface area contributed by atoms with Crippen LogP contribution in [0.25, 0.3) is 0 Å². The fourth-order valence-electron chi connectivity index (χ4n) is 5.64. The van der Waals surface area contributed by atoms with Gasteiger partial charge in [0.1, 0.15) is 0 Å². The number of hydrogen-bond acceptors (Lipinski definition) is 4. The third kappa shape index (κ3) is 3.62. The number of benzene rings is 2. The highest BCUT2D eigenvalue weighted by molar-refractivity contribution is 5.19. The number of β-amino-alcohol motifs (C(OH)–C–C–N with tert-alkyl or cyclic N) is 1. The van der Waals surface area contributed by atoms with Gasteiger partial charge in [0.2, 0.25) is 0 Å². The van der Waals surface area contributed by atoms with E-state index in [1.165, 1.54) is 11.1 Å². The third-order valence-electron chi connectivity index (χ3n) is 6.83. The molecular weight excluding hydrogens is 346 g/mol. The van der Waals surface area contributed by atoms with E-state index in [0.717, 1.165) is 58.7 Å². The molecule has 2 aromatic carbocycles. The highest BCUT2D eigenvalue weighted by Crippen LogP contribution is 2.39. The third-order valence-corrected chi connectivity index (χ3v) is 6.83. The van der Waals surface area contributed by atoms with Crippen molar-refractivity contribution < 1.29 is 5.11 Å². The number of nitrogens with zero attached hydrogens (tertiary/aromatic N) is 3. The average molecular weight is 378 g/mol. The normalized spacial score (nSPS) is 27.6. The van der Waals surface area contributed by atoms with Gasteiger partial charge >= 0.3 is 0 Å². The van der Waals surface area contributed by atoms with E-state index in [0.29, 0.717) is 6.04 Å². The lowest BCUT2D eigenvalue weighted by Gasteiger charge is -2.61. The Kier molecular flexibility index (Phi) is 4.97. The summed E-state index contributed by atoms with van der Waals surface area (Å²) in [5.41, 5.74) is 3.04. The predicted molar refractivity (Wildman–Crippen MR) is 112 cm³/mol. The Morgan fingerprint density at radius 2 is 1.46 bits per heavy atom. The number of fused-ring (bicyclic) bond motifs is 2. The molecule has 0 saturated carbocycles. The Labute approximate surface area is 168 Å². The Bertz CT molecular complexity index is 775. The molecule has 28 heavy (non-hydrogen) atoms.